The smallest absolute Gasteiger partial charge is 0.351 e. The average Bonchev–Trinajstić information content (AvgIpc) is 2.84. The Morgan fingerprint density at radius 2 is 1.64 bits per heavy atom. The van der Waals surface area contributed by atoms with Crippen molar-refractivity contribution in [3.8, 4) is 17.2 Å². The molecule has 1 fully saturated rings. The molecule has 0 aromatic heterocycles. The van der Waals surface area contributed by atoms with E-state index in [9.17, 15) is 18.1 Å². The van der Waals surface area contributed by atoms with Crippen molar-refractivity contribution in [2.75, 3.05) is 13.2 Å². The first kappa shape index (κ1) is 28.7. The Morgan fingerprint density at radius 3 is 2.28 bits per heavy atom. The van der Waals surface area contributed by atoms with Crippen LogP contribution in [0.3, 0.4) is 0 Å². The molecule has 8 nitrogen and oxygen atoms in total. The second kappa shape index (κ2) is 13.6. The van der Waals surface area contributed by atoms with E-state index in [4.69, 9.17) is 18.0 Å². The molecule has 2 aromatic rings. The molecule has 0 amide bonds. The molecule has 200 valence electrons. The third kappa shape index (κ3) is 8.32. The van der Waals surface area contributed by atoms with Crippen molar-refractivity contribution in [2.45, 2.75) is 76.3 Å². The predicted octanol–water partition coefficient (Wildman–Crippen LogP) is 6.78. The Morgan fingerprint density at radius 1 is 0.972 bits per heavy atom. The number of benzene rings is 2. The number of hydrogen-bond donors (Lipinski definition) is 1. The van der Waals surface area contributed by atoms with Gasteiger partial charge in [0.15, 0.2) is 4.99 Å². The molecular formula is C26H37O8PS. The first-order valence-electron chi connectivity index (χ1n) is 12.6. The molecule has 10 heteroatoms. The number of ether oxygens (including phenoxy) is 1. The molecule has 1 saturated carbocycles. The van der Waals surface area contributed by atoms with Crippen molar-refractivity contribution >= 4 is 17.7 Å². The van der Waals surface area contributed by atoms with E-state index in [-0.39, 0.29) is 25.4 Å². The molecule has 1 unspecified atom stereocenters. The first-order valence-corrected chi connectivity index (χ1v) is 15.7. The van der Waals surface area contributed by atoms with Crippen LogP contribution in [0.5, 0.6) is 17.2 Å². The SMILES string of the molecule is CCOP(=O)(OCC)C(CCCc1cccc(Oc2ccc(O)cc2)c1)S(=O)(=O)OC1CCCCC1. The summed E-state index contributed by atoms with van der Waals surface area (Å²) >= 11 is 0. The maximum atomic E-state index is 13.6. The molecule has 1 N–H and O–H groups in total. The van der Waals surface area contributed by atoms with Crippen LogP contribution >= 0.6 is 7.60 Å². The minimum absolute atomic E-state index is 0.0728. The lowest BCUT2D eigenvalue weighted by Gasteiger charge is -2.28. The standard InChI is InChI=1S/C26H37O8PS/c1-3-31-35(28,32-4-2)26(36(29,30)34-24-12-6-5-7-13-24)15-9-11-21-10-8-14-25(20-21)33-23-18-16-22(27)17-19-23/h8,10,14,16-20,24,26-27H,3-7,9,11-13,15H2,1-2H3. The zero-order chi connectivity index (χ0) is 26.0. The normalized spacial score (nSPS) is 16.1. The Balaban J connectivity index is 1.71. The maximum absolute atomic E-state index is 13.6. The molecule has 0 spiro atoms. The summed E-state index contributed by atoms with van der Waals surface area (Å²) in [5.41, 5.74) is 0.943. The summed E-state index contributed by atoms with van der Waals surface area (Å²) in [7, 11) is -8.15. The van der Waals surface area contributed by atoms with Gasteiger partial charge in [-0.05, 0) is 87.9 Å². The summed E-state index contributed by atoms with van der Waals surface area (Å²) in [6, 6.07) is 13.9. The van der Waals surface area contributed by atoms with Gasteiger partial charge in [-0.1, -0.05) is 31.4 Å². The van der Waals surface area contributed by atoms with Gasteiger partial charge in [-0.15, -0.1) is 0 Å². The second-order valence-corrected chi connectivity index (χ2v) is 13.1. The topological polar surface area (TPSA) is 108 Å². The summed E-state index contributed by atoms with van der Waals surface area (Å²) in [6.07, 6.45) is 4.91. The van der Waals surface area contributed by atoms with Gasteiger partial charge >= 0.3 is 7.60 Å². The number of aromatic hydroxyl groups is 1. The van der Waals surface area contributed by atoms with Crippen molar-refractivity contribution in [1.82, 2.24) is 0 Å². The lowest BCUT2D eigenvalue weighted by molar-refractivity contribution is 0.158. The van der Waals surface area contributed by atoms with Crippen LogP contribution < -0.4 is 4.74 Å². The van der Waals surface area contributed by atoms with Gasteiger partial charge in [0.25, 0.3) is 10.1 Å². The minimum atomic E-state index is -4.19. The van der Waals surface area contributed by atoms with Gasteiger partial charge in [0, 0.05) is 0 Å². The van der Waals surface area contributed by atoms with Crippen LogP contribution in [0.25, 0.3) is 0 Å². The number of phenols is 1. The summed E-state index contributed by atoms with van der Waals surface area (Å²) in [6.45, 7) is 3.47. The van der Waals surface area contributed by atoms with Crippen molar-refractivity contribution in [3.05, 3.63) is 54.1 Å². The van der Waals surface area contributed by atoms with Crippen LogP contribution in [0, 0.1) is 0 Å². The van der Waals surface area contributed by atoms with Gasteiger partial charge in [-0.2, -0.15) is 8.42 Å². The highest BCUT2D eigenvalue weighted by Crippen LogP contribution is 2.57. The fourth-order valence-electron chi connectivity index (χ4n) is 4.33. The molecule has 2 aromatic carbocycles. The second-order valence-electron chi connectivity index (χ2n) is 8.81. The summed E-state index contributed by atoms with van der Waals surface area (Å²) in [4.78, 5) is -1.39. The van der Waals surface area contributed by atoms with Gasteiger partial charge in [0.2, 0.25) is 0 Å². The molecule has 0 bridgehead atoms. The van der Waals surface area contributed by atoms with Crippen LogP contribution in [-0.4, -0.2) is 37.8 Å². The van der Waals surface area contributed by atoms with E-state index < -0.39 is 28.8 Å². The van der Waals surface area contributed by atoms with Crippen molar-refractivity contribution in [1.29, 1.82) is 0 Å². The number of rotatable bonds is 14. The van der Waals surface area contributed by atoms with Crippen LogP contribution in [-0.2, 0) is 34.3 Å². The molecule has 0 saturated heterocycles. The van der Waals surface area contributed by atoms with Crippen molar-refractivity contribution in [3.63, 3.8) is 0 Å². The largest absolute Gasteiger partial charge is 0.508 e. The van der Waals surface area contributed by atoms with Crippen LogP contribution in [0.15, 0.2) is 48.5 Å². The van der Waals surface area contributed by atoms with E-state index >= 15 is 0 Å². The highest BCUT2D eigenvalue weighted by atomic mass is 32.2. The van der Waals surface area contributed by atoms with Crippen molar-refractivity contribution in [2.24, 2.45) is 0 Å². The zero-order valence-electron chi connectivity index (χ0n) is 21.0. The Bertz CT molecular complexity index is 1090. The quantitative estimate of drug-likeness (QED) is 0.206. The van der Waals surface area contributed by atoms with Gasteiger partial charge < -0.3 is 18.9 Å². The molecule has 1 atom stereocenters. The zero-order valence-corrected chi connectivity index (χ0v) is 22.7. The van der Waals surface area contributed by atoms with Gasteiger partial charge in [-0.3, -0.25) is 8.75 Å². The number of phenolic OH excluding ortho intramolecular Hbond substituents is 1. The minimum Gasteiger partial charge on any atom is -0.508 e. The predicted molar refractivity (Wildman–Crippen MR) is 139 cm³/mol. The first-order chi connectivity index (χ1) is 17.3. The third-order valence-corrected chi connectivity index (χ3v) is 11.2. The van der Waals surface area contributed by atoms with E-state index in [1.807, 2.05) is 24.3 Å². The molecular weight excluding hydrogens is 503 g/mol. The van der Waals surface area contributed by atoms with Gasteiger partial charge in [0.05, 0.1) is 19.3 Å². The fraction of sp³-hybridized carbons (Fsp3) is 0.538. The molecule has 0 heterocycles. The Hall–Kier alpha value is -1.90. The Labute approximate surface area is 214 Å². The van der Waals surface area contributed by atoms with Crippen LogP contribution in [0.4, 0.5) is 0 Å². The molecule has 3 rings (SSSR count). The van der Waals surface area contributed by atoms with Crippen LogP contribution in [0.2, 0.25) is 0 Å². The van der Waals surface area contributed by atoms with Crippen LogP contribution in [0.1, 0.15) is 64.4 Å². The monoisotopic (exact) mass is 540 g/mol. The highest BCUT2D eigenvalue weighted by molar-refractivity contribution is 7.94. The van der Waals surface area contributed by atoms with Gasteiger partial charge in [0.1, 0.15) is 17.2 Å². The van der Waals surface area contributed by atoms with E-state index in [1.165, 1.54) is 0 Å². The van der Waals surface area contributed by atoms with Crippen molar-refractivity contribution < 1.29 is 36.1 Å². The van der Waals surface area contributed by atoms with E-state index in [0.29, 0.717) is 37.2 Å². The maximum Gasteiger partial charge on any atom is 0.351 e. The lowest BCUT2D eigenvalue weighted by atomic mass is 9.98. The molecule has 1 aliphatic rings. The Kier molecular flexibility index (Phi) is 10.8. The number of hydrogen-bond acceptors (Lipinski definition) is 8. The fourth-order valence-corrected chi connectivity index (χ4v) is 8.89. The molecule has 0 aliphatic heterocycles. The third-order valence-electron chi connectivity index (χ3n) is 6.01. The molecule has 36 heavy (non-hydrogen) atoms. The van der Waals surface area contributed by atoms with E-state index in [0.717, 1.165) is 24.8 Å². The molecule has 0 radical (unpaired) electrons. The summed E-state index contributed by atoms with van der Waals surface area (Å²) in [5, 5.41) is 9.44. The van der Waals surface area contributed by atoms with E-state index in [1.54, 1.807) is 38.1 Å². The van der Waals surface area contributed by atoms with E-state index in [2.05, 4.69) is 0 Å². The average molecular weight is 541 g/mol. The summed E-state index contributed by atoms with van der Waals surface area (Å²) < 4.78 is 62.5. The highest BCUT2D eigenvalue weighted by Gasteiger charge is 2.46. The molecule has 1 aliphatic carbocycles. The van der Waals surface area contributed by atoms with Gasteiger partial charge in [-0.25, -0.2) is 0 Å². The summed E-state index contributed by atoms with van der Waals surface area (Å²) in [5.74, 6) is 1.37. The number of aryl methyl sites for hydroxylation is 1. The lowest BCUT2D eigenvalue weighted by Crippen LogP contribution is -2.31.